The number of ether oxygens (including phenoxy) is 1. The lowest BCUT2D eigenvalue weighted by molar-refractivity contribution is 0.0504. The molecule has 0 aromatic carbocycles. The van der Waals surface area contributed by atoms with Crippen LogP contribution in [-0.4, -0.2) is 42.2 Å². The number of nitrogens with one attached hydrogen (secondary N) is 2. The zero-order chi connectivity index (χ0) is 12.2. The first kappa shape index (κ1) is 11.6. The Morgan fingerprint density at radius 2 is 1.88 bits per heavy atom. The van der Waals surface area contributed by atoms with Gasteiger partial charge in [-0.3, -0.25) is 0 Å². The van der Waals surface area contributed by atoms with E-state index in [0.29, 0.717) is 0 Å². The van der Waals surface area contributed by atoms with Gasteiger partial charge in [0.15, 0.2) is 11.3 Å². The van der Waals surface area contributed by atoms with E-state index in [2.05, 4.69) is 10.6 Å². The third kappa shape index (κ3) is 1.55. The molecule has 0 aromatic heterocycles. The zero-order valence-corrected chi connectivity index (χ0v) is 9.56. The summed E-state index contributed by atoms with van der Waals surface area (Å²) in [7, 11) is 0. The van der Waals surface area contributed by atoms with Crippen molar-refractivity contribution < 1.29 is 18.3 Å². The highest BCUT2D eigenvalue weighted by Gasteiger charge is 2.83. The van der Waals surface area contributed by atoms with Gasteiger partial charge in [0, 0.05) is 13.1 Å². The molecule has 0 aromatic rings. The van der Waals surface area contributed by atoms with Crippen molar-refractivity contribution in [2.24, 2.45) is 0 Å². The van der Waals surface area contributed by atoms with Crippen molar-refractivity contribution in [2.45, 2.75) is 43.8 Å². The van der Waals surface area contributed by atoms with E-state index in [4.69, 9.17) is 4.74 Å². The maximum absolute atomic E-state index is 13.8. The minimum atomic E-state index is -1.97. The number of hydrogen-bond acceptors (Lipinski definition) is 3. The summed E-state index contributed by atoms with van der Waals surface area (Å²) in [5.74, 6) is 0. The molecule has 0 bridgehead atoms. The Hall–Kier alpha value is -0.910. The first-order valence-corrected chi connectivity index (χ1v) is 5.27. The summed E-state index contributed by atoms with van der Waals surface area (Å²) in [6.45, 7) is 4.95. The van der Waals surface area contributed by atoms with Gasteiger partial charge in [-0.2, -0.15) is 0 Å². The van der Waals surface area contributed by atoms with Crippen LogP contribution in [0.5, 0.6) is 0 Å². The van der Waals surface area contributed by atoms with Gasteiger partial charge in [-0.15, -0.1) is 0 Å². The third-order valence-electron chi connectivity index (χ3n) is 2.95. The number of carbonyl (C=O) groups is 1. The smallest absolute Gasteiger partial charge is 0.408 e. The summed E-state index contributed by atoms with van der Waals surface area (Å²) in [6, 6.07) is -1.09. The molecule has 2 rings (SSSR count). The summed E-state index contributed by atoms with van der Waals surface area (Å²) >= 11 is 0. The van der Waals surface area contributed by atoms with E-state index in [-0.39, 0.29) is 13.1 Å². The van der Waals surface area contributed by atoms with Gasteiger partial charge in [0.25, 0.3) is 0 Å². The Morgan fingerprint density at radius 1 is 1.38 bits per heavy atom. The minimum Gasteiger partial charge on any atom is -0.444 e. The van der Waals surface area contributed by atoms with Crippen molar-refractivity contribution >= 4 is 6.09 Å². The van der Waals surface area contributed by atoms with Crippen molar-refractivity contribution in [3.05, 3.63) is 0 Å². The lowest BCUT2D eigenvalue weighted by Crippen LogP contribution is -2.41. The highest BCUT2D eigenvalue weighted by Crippen LogP contribution is 2.56. The second-order valence-corrected chi connectivity index (χ2v) is 5.41. The van der Waals surface area contributed by atoms with Crippen molar-refractivity contribution in [1.29, 1.82) is 0 Å². The Bertz CT molecular complexity index is 315. The molecule has 2 unspecified atom stereocenters. The summed E-state index contributed by atoms with van der Waals surface area (Å²) in [6.07, 6.45) is -0.777. The molecular formula is C10H16F2N2O2. The van der Waals surface area contributed by atoms with E-state index >= 15 is 0 Å². The second-order valence-electron chi connectivity index (χ2n) is 5.41. The fourth-order valence-electron chi connectivity index (χ4n) is 2.10. The molecule has 2 fully saturated rings. The second kappa shape index (κ2) is 3.06. The summed E-state index contributed by atoms with van der Waals surface area (Å²) in [5.41, 5.74) is -4.60. The average Bonchev–Trinajstić information content (AvgIpc) is 2.40. The van der Waals surface area contributed by atoms with Gasteiger partial charge < -0.3 is 15.4 Å². The van der Waals surface area contributed by atoms with Gasteiger partial charge in [-0.1, -0.05) is 0 Å². The lowest BCUT2D eigenvalue weighted by atomic mass is 10.2. The van der Waals surface area contributed by atoms with Crippen LogP contribution in [0.25, 0.3) is 0 Å². The van der Waals surface area contributed by atoms with Crippen LogP contribution < -0.4 is 10.6 Å². The summed E-state index contributed by atoms with van der Waals surface area (Å²) < 4.78 is 32.6. The number of alkyl halides is 2. The molecule has 1 saturated heterocycles. The predicted molar refractivity (Wildman–Crippen MR) is 53.7 cm³/mol. The molecular weight excluding hydrogens is 218 g/mol. The monoisotopic (exact) mass is 234 g/mol. The molecule has 4 nitrogen and oxygen atoms in total. The van der Waals surface area contributed by atoms with Crippen LogP contribution in [0, 0.1) is 0 Å². The van der Waals surface area contributed by atoms with Gasteiger partial charge in [0.05, 0.1) is 0 Å². The number of carbonyl (C=O) groups excluding carboxylic acids is 1. The normalized spacial score (nSPS) is 41.4. The van der Waals surface area contributed by atoms with Crippen molar-refractivity contribution in [3.63, 3.8) is 0 Å². The number of halogens is 2. The van der Waals surface area contributed by atoms with Crippen LogP contribution in [0.2, 0.25) is 0 Å². The maximum Gasteiger partial charge on any atom is 0.408 e. The molecule has 2 atom stereocenters. The first-order chi connectivity index (χ1) is 7.19. The van der Waals surface area contributed by atoms with E-state index in [0.717, 1.165) is 0 Å². The Labute approximate surface area is 92.7 Å². The number of amides is 1. The number of piperidine rings is 1. The van der Waals surface area contributed by atoms with Crippen LogP contribution >= 0.6 is 0 Å². The molecule has 1 amide bonds. The van der Waals surface area contributed by atoms with E-state index in [1.54, 1.807) is 20.8 Å². The minimum absolute atomic E-state index is 0.0655. The molecule has 0 radical (unpaired) electrons. The largest absolute Gasteiger partial charge is 0.444 e. The standard InChI is InChI=1S/C10H16F2N2O2/c1-8(2,3)16-7(15)14-6-9(11)4-13-5-10(6,9)12/h6,13H,4-5H2,1-3H3,(H,14,15). The molecule has 6 heteroatoms. The van der Waals surface area contributed by atoms with Gasteiger partial charge in [-0.25, -0.2) is 13.6 Å². The Morgan fingerprint density at radius 3 is 2.31 bits per heavy atom. The molecule has 1 saturated carbocycles. The topological polar surface area (TPSA) is 50.4 Å². The van der Waals surface area contributed by atoms with Gasteiger partial charge >= 0.3 is 6.09 Å². The van der Waals surface area contributed by atoms with Crippen LogP contribution in [0.15, 0.2) is 0 Å². The van der Waals surface area contributed by atoms with E-state index in [9.17, 15) is 13.6 Å². The molecule has 92 valence electrons. The number of alkyl carbamates (subject to hydrolysis) is 1. The Balaban J connectivity index is 1.92. The van der Waals surface area contributed by atoms with Crippen LogP contribution in [0.4, 0.5) is 13.6 Å². The van der Waals surface area contributed by atoms with E-state index in [1.807, 2.05) is 0 Å². The third-order valence-corrected chi connectivity index (χ3v) is 2.95. The summed E-state index contributed by atoms with van der Waals surface area (Å²) in [5, 5.41) is 4.85. The van der Waals surface area contributed by atoms with Crippen LogP contribution in [0.3, 0.4) is 0 Å². The zero-order valence-electron chi connectivity index (χ0n) is 9.56. The molecule has 1 heterocycles. The van der Waals surface area contributed by atoms with E-state index < -0.39 is 29.1 Å². The quantitative estimate of drug-likeness (QED) is 0.709. The molecule has 0 spiro atoms. The van der Waals surface area contributed by atoms with Crippen LogP contribution in [-0.2, 0) is 4.74 Å². The number of fused-ring (bicyclic) bond motifs is 1. The van der Waals surface area contributed by atoms with Crippen molar-refractivity contribution in [1.82, 2.24) is 10.6 Å². The van der Waals surface area contributed by atoms with Crippen molar-refractivity contribution in [3.8, 4) is 0 Å². The highest BCUT2D eigenvalue weighted by atomic mass is 19.2. The van der Waals surface area contributed by atoms with Gasteiger partial charge in [-0.05, 0) is 20.8 Å². The molecule has 2 aliphatic rings. The molecule has 2 N–H and O–H groups in total. The summed E-state index contributed by atoms with van der Waals surface area (Å²) in [4.78, 5) is 11.3. The fraction of sp³-hybridized carbons (Fsp3) is 0.900. The van der Waals surface area contributed by atoms with Crippen molar-refractivity contribution in [2.75, 3.05) is 13.1 Å². The highest BCUT2D eigenvalue weighted by molar-refractivity contribution is 5.70. The molecule has 1 aliphatic heterocycles. The van der Waals surface area contributed by atoms with Gasteiger partial charge in [0.2, 0.25) is 0 Å². The lowest BCUT2D eigenvalue weighted by Gasteiger charge is -2.20. The number of rotatable bonds is 1. The SMILES string of the molecule is CC(C)(C)OC(=O)NC1C2(F)CNCC12F. The molecule has 1 aliphatic carbocycles. The first-order valence-electron chi connectivity index (χ1n) is 5.27. The predicted octanol–water partition coefficient (Wildman–Crippen LogP) is 0.913. The van der Waals surface area contributed by atoms with E-state index in [1.165, 1.54) is 0 Å². The van der Waals surface area contributed by atoms with Crippen LogP contribution in [0.1, 0.15) is 20.8 Å². The van der Waals surface area contributed by atoms with Gasteiger partial charge in [0.1, 0.15) is 11.6 Å². The average molecular weight is 234 g/mol. The Kier molecular flexibility index (Phi) is 2.21. The molecule has 16 heavy (non-hydrogen) atoms. The fourth-order valence-corrected chi connectivity index (χ4v) is 2.10. The number of hydrogen-bond donors (Lipinski definition) is 2. The maximum atomic E-state index is 13.8.